The topological polar surface area (TPSA) is 47.6 Å². The Kier molecular flexibility index (Phi) is 5.44. The van der Waals surface area contributed by atoms with Gasteiger partial charge in [-0.05, 0) is 35.2 Å². The number of para-hydroxylation sites is 1. The maximum Gasteiger partial charge on any atom is 0.262 e. The predicted octanol–water partition coefficient (Wildman–Crippen LogP) is 4.15. The molecule has 0 saturated carbocycles. The molecule has 0 aromatic heterocycles. The second kappa shape index (κ2) is 7.34. The molecule has 1 amide bonds. The molecule has 0 aliphatic carbocycles. The Morgan fingerprint density at radius 2 is 1.83 bits per heavy atom. The number of hydrogen-bond donors (Lipinski definition) is 1. The maximum atomic E-state index is 13.5. The lowest BCUT2D eigenvalue weighted by atomic mass is 9.87. The summed E-state index contributed by atoms with van der Waals surface area (Å²) in [6.45, 7) is 5.97. The predicted molar refractivity (Wildman–Crippen MR) is 92.2 cm³/mol. The van der Waals surface area contributed by atoms with Crippen LogP contribution in [0, 0.1) is 5.82 Å². The van der Waals surface area contributed by atoms with Crippen LogP contribution in [0.25, 0.3) is 0 Å². The molecule has 2 aromatic rings. The van der Waals surface area contributed by atoms with Crippen LogP contribution in [0.5, 0.6) is 11.5 Å². The van der Waals surface area contributed by atoms with Crippen LogP contribution in [-0.2, 0) is 10.2 Å². The minimum atomic E-state index is -0.502. The SMILES string of the molecule is COc1ccc(C(C)(C)C)cc1NC(=O)COc1ccccc1F. The third-order valence-corrected chi connectivity index (χ3v) is 3.54. The quantitative estimate of drug-likeness (QED) is 0.895. The van der Waals surface area contributed by atoms with Gasteiger partial charge in [-0.3, -0.25) is 4.79 Å². The molecule has 0 atom stereocenters. The fourth-order valence-electron chi connectivity index (χ4n) is 2.16. The van der Waals surface area contributed by atoms with Gasteiger partial charge in [-0.1, -0.05) is 39.0 Å². The van der Waals surface area contributed by atoms with Gasteiger partial charge in [0.25, 0.3) is 5.91 Å². The van der Waals surface area contributed by atoms with Crippen molar-refractivity contribution in [2.24, 2.45) is 0 Å². The lowest BCUT2D eigenvalue weighted by Gasteiger charge is -2.21. The molecular weight excluding hydrogens is 309 g/mol. The first-order valence-electron chi connectivity index (χ1n) is 7.67. The standard InChI is InChI=1S/C19H22FNO3/c1-19(2,3)13-9-10-17(23-4)15(11-13)21-18(22)12-24-16-8-6-5-7-14(16)20/h5-11H,12H2,1-4H3,(H,21,22). The summed E-state index contributed by atoms with van der Waals surface area (Å²) in [5, 5.41) is 2.75. The molecule has 0 heterocycles. The van der Waals surface area contributed by atoms with Gasteiger partial charge in [0, 0.05) is 0 Å². The van der Waals surface area contributed by atoms with E-state index in [0.717, 1.165) is 5.56 Å². The Bertz CT molecular complexity index is 723. The van der Waals surface area contributed by atoms with Crippen molar-refractivity contribution in [1.82, 2.24) is 0 Å². The van der Waals surface area contributed by atoms with Gasteiger partial charge in [-0.15, -0.1) is 0 Å². The van der Waals surface area contributed by atoms with E-state index in [1.807, 2.05) is 18.2 Å². The number of amides is 1. The molecule has 24 heavy (non-hydrogen) atoms. The number of nitrogens with one attached hydrogen (secondary N) is 1. The lowest BCUT2D eigenvalue weighted by molar-refractivity contribution is -0.118. The molecule has 4 nitrogen and oxygen atoms in total. The highest BCUT2D eigenvalue weighted by Crippen LogP contribution is 2.31. The van der Waals surface area contributed by atoms with Crippen LogP contribution in [0.3, 0.4) is 0 Å². The molecule has 5 heteroatoms. The van der Waals surface area contributed by atoms with E-state index in [1.165, 1.54) is 19.2 Å². The summed E-state index contributed by atoms with van der Waals surface area (Å²) in [5.41, 5.74) is 1.57. The average Bonchev–Trinajstić information content (AvgIpc) is 2.53. The van der Waals surface area contributed by atoms with Crippen LogP contribution in [0.1, 0.15) is 26.3 Å². The van der Waals surface area contributed by atoms with Gasteiger partial charge in [0.1, 0.15) is 5.75 Å². The van der Waals surface area contributed by atoms with Gasteiger partial charge in [0.2, 0.25) is 0 Å². The third-order valence-electron chi connectivity index (χ3n) is 3.54. The van der Waals surface area contributed by atoms with Gasteiger partial charge in [0.15, 0.2) is 18.2 Å². The number of carbonyl (C=O) groups excluding carboxylic acids is 1. The van der Waals surface area contributed by atoms with Crippen LogP contribution in [-0.4, -0.2) is 19.6 Å². The van der Waals surface area contributed by atoms with Crippen LogP contribution < -0.4 is 14.8 Å². The maximum absolute atomic E-state index is 13.5. The number of hydrogen-bond acceptors (Lipinski definition) is 3. The molecule has 128 valence electrons. The van der Waals surface area contributed by atoms with E-state index in [9.17, 15) is 9.18 Å². The van der Waals surface area contributed by atoms with Crippen LogP contribution in [0.4, 0.5) is 10.1 Å². The zero-order valence-electron chi connectivity index (χ0n) is 14.4. The Hall–Kier alpha value is -2.56. The smallest absolute Gasteiger partial charge is 0.262 e. The molecule has 0 saturated heterocycles. The average molecular weight is 331 g/mol. The summed E-state index contributed by atoms with van der Waals surface area (Å²) in [4.78, 5) is 12.1. The Morgan fingerprint density at radius 3 is 2.46 bits per heavy atom. The van der Waals surface area contributed by atoms with Gasteiger partial charge < -0.3 is 14.8 Å². The van der Waals surface area contributed by atoms with E-state index in [-0.39, 0.29) is 23.7 Å². The fourth-order valence-corrected chi connectivity index (χ4v) is 2.16. The number of halogens is 1. The molecule has 0 fully saturated rings. The van der Waals surface area contributed by atoms with Crippen molar-refractivity contribution in [3.63, 3.8) is 0 Å². The van der Waals surface area contributed by atoms with E-state index in [4.69, 9.17) is 9.47 Å². The van der Waals surface area contributed by atoms with Crippen molar-refractivity contribution >= 4 is 11.6 Å². The van der Waals surface area contributed by atoms with Crippen molar-refractivity contribution in [3.05, 3.63) is 53.8 Å². The minimum Gasteiger partial charge on any atom is -0.495 e. The first-order valence-corrected chi connectivity index (χ1v) is 7.67. The van der Waals surface area contributed by atoms with Crippen molar-refractivity contribution in [3.8, 4) is 11.5 Å². The van der Waals surface area contributed by atoms with Gasteiger partial charge >= 0.3 is 0 Å². The number of ether oxygens (including phenoxy) is 2. The summed E-state index contributed by atoms with van der Waals surface area (Å²) in [7, 11) is 1.54. The molecule has 2 aromatic carbocycles. The van der Waals surface area contributed by atoms with Crippen molar-refractivity contribution < 1.29 is 18.7 Å². The highest BCUT2D eigenvalue weighted by molar-refractivity contribution is 5.93. The van der Waals surface area contributed by atoms with Gasteiger partial charge in [0.05, 0.1) is 12.8 Å². The van der Waals surface area contributed by atoms with Gasteiger partial charge in [-0.2, -0.15) is 0 Å². The summed E-state index contributed by atoms with van der Waals surface area (Å²) >= 11 is 0. The van der Waals surface area contributed by atoms with E-state index >= 15 is 0 Å². The molecule has 0 unspecified atom stereocenters. The third kappa shape index (κ3) is 4.47. The van der Waals surface area contributed by atoms with Crippen molar-refractivity contribution in [2.75, 3.05) is 19.0 Å². The molecule has 0 radical (unpaired) electrons. The monoisotopic (exact) mass is 331 g/mol. The highest BCUT2D eigenvalue weighted by Gasteiger charge is 2.17. The lowest BCUT2D eigenvalue weighted by Crippen LogP contribution is -2.21. The molecule has 0 spiro atoms. The Morgan fingerprint density at radius 1 is 1.12 bits per heavy atom. The van der Waals surface area contributed by atoms with Crippen LogP contribution in [0.2, 0.25) is 0 Å². The van der Waals surface area contributed by atoms with Gasteiger partial charge in [-0.25, -0.2) is 4.39 Å². The number of rotatable bonds is 5. The Balaban J connectivity index is 2.09. The van der Waals surface area contributed by atoms with E-state index in [1.54, 1.807) is 12.1 Å². The zero-order valence-corrected chi connectivity index (χ0v) is 14.4. The van der Waals surface area contributed by atoms with E-state index in [0.29, 0.717) is 11.4 Å². The van der Waals surface area contributed by atoms with Crippen LogP contribution >= 0.6 is 0 Å². The largest absolute Gasteiger partial charge is 0.495 e. The summed E-state index contributed by atoms with van der Waals surface area (Å²) < 4.78 is 24.0. The highest BCUT2D eigenvalue weighted by atomic mass is 19.1. The zero-order chi connectivity index (χ0) is 17.7. The molecule has 0 aliphatic heterocycles. The molecule has 0 bridgehead atoms. The molecular formula is C19H22FNO3. The number of anilines is 1. The summed E-state index contributed by atoms with van der Waals surface area (Å²) in [6.07, 6.45) is 0. The first-order chi connectivity index (χ1) is 11.3. The van der Waals surface area contributed by atoms with Crippen molar-refractivity contribution in [2.45, 2.75) is 26.2 Å². The first kappa shape index (κ1) is 17.8. The van der Waals surface area contributed by atoms with Crippen molar-refractivity contribution in [1.29, 1.82) is 0 Å². The Labute approximate surface area is 141 Å². The summed E-state index contributed by atoms with van der Waals surface area (Å²) in [6, 6.07) is 11.6. The van der Waals surface area contributed by atoms with Crippen LogP contribution in [0.15, 0.2) is 42.5 Å². The number of methoxy groups -OCH3 is 1. The molecule has 2 rings (SSSR count). The van der Waals surface area contributed by atoms with E-state index in [2.05, 4.69) is 26.1 Å². The second-order valence-electron chi connectivity index (χ2n) is 6.43. The van der Waals surface area contributed by atoms with E-state index < -0.39 is 5.82 Å². The normalized spacial score (nSPS) is 11.0. The number of carbonyl (C=O) groups is 1. The summed E-state index contributed by atoms with van der Waals surface area (Å²) in [5.74, 6) is -0.287. The fraction of sp³-hybridized carbons (Fsp3) is 0.316. The molecule has 1 N–H and O–H groups in total. The molecule has 0 aliphatic rings. The minimum absolute atomic E-state index is 0.0445. The number of benzene rings is 2. The second-order valence-corrected chi connectivity index (χ2v) is 6.43.